The molecule has 4 rings (SSSR count). The van der Waals surface area contributed by atoms with E-state index in [-0.39, 0.29) is 18.1 Å². The van der Waals surface area contributed by atoms with Crippen molar-refractivity contribution >= 4 is 50.3 Å². The Kier molecular flexibility index (Phi) is 6.75. The molecular weight excluding hydrogens is 428 g/mol. The van der Waals surface area contributed by atoms with Crippen molar-refractivity contribution in [1.82, 2.24) is 9.97 Å². The van der Waals surface area contributed by atoms with Gasteiger partial charge in [0.1, 0.15) is 6.67 Å². The highest BCUT2D eigenvalue weighted by Crippen LogP contribution is 2.24. The molecule has 2 aromatic heterocycles. The first kappa shape index (κ1) is 20.8. The molecule has 7 nitrogen and oxygen atoms in total. The van der Waals surface area contributed by atoms with Gasteiger partial charge in [0, 0.05) is 22.5 Å². The minimum atomic E-state index is -0.459. The highest BCUT2D eigenvalue weighted by molar-refractivity contribution is 7.14. The van der Waals surface area contributed by atoms with E-state index in [4.69, 9.17) is 5.41 Å². The Morgan fingerprint density at radius 3 is 2.77 bits per heavy atom. The molecule has 1 amide bonds. The maximum atomic E-state index is 13.0. The van der Waals surface area contributed by atoms with Crippen LogP contribution >= 0.6 is 22.7 Å². The number of hydrogen-bond acceptors (Lipinski definition) is 8. The molecule has 0 bridgehead atoms. The summed E-state index contributed by atoms with van der Waals surface area (Å²) < 4.78 is 0. The fourth-order valence-corrected chi connectivity index (χ4v) is 4.16. The van der Waals surface area contributed by atoms with Gasteiger partial charge in [-0.15, -0.1) is 22.7 Å². The lowest BCUT2D eigenvalue weighted by molar-refractivity contribution is -0.110. The fraction of sp³-hybridized carbons (Fsp3) is 0.136. The van der Waals surface area contributed by atoms with Crippen LogP contribution in [0.1, 0.15) is 12.8 Å². The van der Waals surface area contributed by atoms with Crippen LogP contribution in [0.3, 0.4) is 0 Å². The zero-order chi connectivity index (χ0) is 21.5. The van der Waals surface area contributed by atoms with E-state index in [2.05, 4.69) is 25.6 Å². The SMILES string of the molecule is N=C(C1=CCCC=C1)C(=NCNc1nccs1)C(=O)Nc1nc(-c2ccccc2)cs1. The Morgan fingerprint density at radius 1 is 1.16 bits per heavy atom. The summed E-state index contributed by atoms with van der Waals surface area (Å²) in [6, 6.07) is 9.77. The molecule has 1 aromatic carbocycles. The Labute approximate surface area is 187 Å². The van der Waals surface area contributed by atoms with Crippen LogP contribution in [-0.2, 0) is 4.79 Å². The minimum absolute atomic E-state index is 0.0540. The van der Waals surface area contributed by atoms with E-state index in [1.165, 1.54) is 22.7 Å². The topological polar surface area (TPSA) is 103 Å². The maximum Gasteiger partial charge on any atom is 0.277 e. The molecule has 0 aliphatic heterocycles. The number of rotatable bonds is 8. The predicted octanol–water partition coefficient (Wildman–Crippen LogP) is 5.01. The summed E-state index contributed by atoms with van der Waals surface area (Å²) in [5.41, 5.74) is 2.61. The average molecular weight is 449 g/mol. The molecule has 3 N–H and O–H groups in total. The molecule has 0 saturated heterocycles. The lowest BCUT2D eigenvalue weighted by Gasteiger charge is -2.11. The van der Waals surface area contributed by atoms with Crippen molar-refractivity contribution in [2.24, 2.45) is 4.99 Å². The Bertz CT molecular complexity index is 1150. The second kappa shape index (κ2) is 10.1. The molecule has 2 heterocycles. The summed E-state index contributed by atoms with van der Waals surface area (Å²) in [4.78, 5) is 26.0. The predicted molar refractivity (Wildman–Crippen MR) is 128 cm³/mol. The van der Waals surface area contributed by atoms with Crippen LogP contribution in [0, 0.1) is 5.41 Å². The van der Waals surface area contributed by atoms with Crippen LogP contribution in [0.5, 0.6) is 0 Å². The number of allylic oxidation sites excluding steroid dienone is 4. The Balaban J connectivity index is 1.51. The normalized spacial score (nSPS) is 13.5. The first-order valence-corrected chi connectivity index (χ1v) is 11.4. The third kappa shape index (κ3) is 5.39. The average Bonchev–Trinajstić information content (AvgIpc) is 3.50. The van der Waals surface area contributed by atoms with Crippen LogP contribution in [0.2, 0.25) is 0 Å². The van der Waals surface area contributed by atoms with Gasteiger partial charge in [-0.05, 0) is 18.4 Å². The molecule has 9 heteroatoms. The summed E-state index contributed by atoms with van der Waals surface area (Å²) >= 11 is 2.78. The summed E-state index contributed by atoms with van der Waals surface area (Å²) in [5, 5.41) is 19.3. The van der Waals surface area contributed by atoms with Gasteiger partial charge in [-0.3, -0.25) is 20.5 Å². The summed E-state index contributed by atoms with van der Waals surface area (Å²) in [6.07, 6.45) is 9.28. The molecule has 1 aliphatic carbocycles. The number of aliphatic imine (C=N–C) groups is 1. The van der Waals surface area contributed by atoms with Crippen molar-refractivity contribution in [3.63, 3.8) is 0 Å². The molecule has 3 aromatic rings. The minimum Gasteiger partial charge on any atom is -0.342 e. The van der Waals surface area contributed by atoms with E-state index in [0.717, 1.165) is 24.1 Å². The third-order valence-electron chi connectivity index (χ3n) is 4.43. The summed E-state index contributed by atoms with van der Waals surface area (Å²) in [6.45, 7) is 0.142. The summed E-state index contributed by atoms with van der Waals surface area (Å²) in [5.74, 6) is -0.459. The van der Waals surface area contributed by atoms with Crippen molar-refractivity contribution in [1.29, 1.82) is 5.41 Å². The molecule has 0 radical (unpaired) electrons. The molecule has 156 valence electrons. The number of nitrogens with zero attached hydrogens (tertiary/aromatic N) is 3. The number of nitrogens with one attached hydrogen (secondary N) is 3. The number of benzene rings is 1. The van der Waals surface area contributed by atoms with Gasteiger partial charge in [-0.25, -0.2) is 9.97 Å². The number of carbonyl (C=O) groups excluding carboxylic acids is 1. The molecule has 0 saturated carbocycles. The van der Waals surface area contributed by atoms with Gasteiger partial charge in [0.2, 0.25) is 0 Å². The Hall–Kier alpha value is -3.43. The van der Waals surface area contributed by atoms with Gasteiger partial charge in [0.15, 0.2) is 16.0 Å². The van der Waals surface area contributed by atoms with Gasteiger partial charge in [0.05, 0.1) is 11.4 Å². The monoisotopic (exact) mass is 448 g/mol. The second-order valence-corrected chi connectivity index (χ2v) is 8.30. The number of aromatic nitrogens is 2. The van der Waals surface area contributed by atoms with Crippen molar-refractivity contribution in [3.05, 3.63) is 71.1 Å². The largest absolute Gasteiger partial charge is 0.342 e. The number of thiazole rings is 2. The number of anilines is 2. The molecule has 31 heavy (non-hydrogen) atoms. The van der Waals surface area contributed by atoms with E-state index in [1.807, 2.05) is 59.3 Å². The first-order valence-electron chi connectivity index (χ1n) is 9.67. The lowest BCUT2D eigenvalue weighted by Crippen LogP contribution is -2.31. The van der Waals surface area contributed by atoms with Gasteiger partial charge in [-0.2, -0.15) is 0 Å². The third-order valence-corrected chi connectivity index (χ3v) is 5.92. The first-order chi connectivity index (χ1) is 15.2. The van der Waals surface area contributed by atoms with E-state index < -0.39 is 5.91 Å². The van der Waals surface area contributed by atoms with E-state index in [0.29, 0.717) is 15.8 Å². The zero-order valence-corrected chi connectivity index (χ0v) is 18.2. The molecule has 0 unspecified atom stereocenters. The van der Waals surface area contributed by atoms with Crippen LogP contribution in [0.25, 0.3) is 11.3 Å². The van der Waals surface area contributed by atoms with Gasteiger partial charge >= 0.3 is 0 Å². The zero-order valence-electron chi connectivity index (χ0n) is 16.5. The standard InChI is InChI=1S/C22H20N6OS2/c23-18(16-9-5-2-6-10-16)19(25-14-26-21-24-11-12-30-21)20(29)28-22-27-17(13-31-22)15-7-3-1-4-8-15/h1,3-5,7-13,23H,2,6,14H2,(H,24,26)(H,27,28,29). The number of carbonyl (C=O) groups is 1. The van der Waals surface area contributed by atoms with Gasteiger partial charge in [0.25, 0.3) is 5.91 Å². The van der Waals surface area contributed by atoms with E-state index >= 15 is 0 Å². The van der Waals surface area contributed by atoms with Crippen molar-refractivity contribution in [2.75, 3.05) is 17.3 Å². The van der Waals surface area contributed by atoms with Crippen LogP contribution in [-0.4, -0.2) is 34.0 Å². The molecule has 0 atom stereocenters. The highest BCUT2D eigenvalue weighted by atomic mass is 32.1. The van der Waals surface area contributed by atoms with Gasteiger partial charge in [-0.1, -0.05) is 48.6 Å². The molecule has 1 aliphatic rings. The highest BCUT2D eigenvalue weighted by Gasteiger charge is 2.21. The smallest absolute Gasteiger partial charge is 0.277 e. The van der Waals surface area contributed by atoms with Crippen LogP contribution in [0.15, 0.2) is 76.1 Å². The van der Waals surface area contributed by atoms with Crippen LogP contribution < -0.4 is 10.6 Å². The van der Waals surface area contributed by atoms with E-state index in [1.54, 1.807) is 6.20 Å². The Morgan fingerprint density at radius 2 is 2.03 bits per heavy atom. The number of amides is 1. The molecule has 0 spiro atoms. The molecular formula is C22H20N6OS2. The quantitative estimate of drug-likeness (QED) is 0.421. The lowest BCUT2D eigenvalue weighted by atomic mass is 9.99. The van der Waals surface area contributed by atoms with Crippen LogP contribution in [0.4, 0.5) is 10.3 Å². The van der Waals surface area contributed by atoms with Gasteiger partial charge < -0.3 is 5.32 Å². The van der Waals surface area contributed by atoms with Crippen molar-refractivity contribution in [3.8, 4) is 11.3 Å². The fourth-order valence-electron chi connectivity index (χ4n) is 2.93. The molecule has 0 fully saturated rings. The maximum absolute atomic E-state index is 13.0. The second-order valence-electron chi connectivity index (χ2n) is 6.55. The van der Waals surface area contributed by atoms with E-state index in [9.17, 15) is 4.79 Å². The van der Waals surface area contributed by atoms with Crippen molar-refractivity contribution < 1.29 is 4.79 Å². The van der Waals surface area contributed by atoms with Crippen molar-refractivity contribution in [2.45, 2.75) is 12.8 Å². The summed E-state index contributed by atoms with van der Waals surface area (Å²) in [7, 11) is 0. The number of hydrogen-bond donors (Lipinski definition) is 3.